The van der Waals surface area contributed by atoms with Crippen LogP contribution < -0.4 is 5.32 Å². The molecule has 5 N–H and O–H groups in total. The highest BCUT2D eigenvalue weighted by Gasteiger charge is 2.80. The summed E-state index contributed by atoms with van der Waals surface area (Å²) in [4.78, 5) is 11.1. The van der Waals surface area contributed by atoms with Crippen molar-refractivity contribution in [1.82, 2.24) is 5.32 Å². The normalized spacial score (nSPS) is 21.2. The van der Waals surface area contributed by atoms with E-state index in [1.165, 1.54) is 0 Å². The van der Waals surface area contributed by atoms with E-state index in [1.807, 2.05) is 13.8 Å². The fraction of sp³-hybridized carbons (Fsp3) is 0.700. The van der Waals surface area contributed by atoms with E-state index < -0.39 is 23.4 Å². The topological polar surface area (TPSA) is 110 Å². The lowest BCUT2D eigenvalue weighted by molar-refractivity contribution is -0.207. The molecular weight excluding hydrogens is 214 g/mol. The number of nitrogens with one attached hydrogen (secondary N) is 1. The zero-order valence-corrected chi connectivity index (χ0v) is 9.64. The van der Waals surface area contributed by atoms with Crippen molar-refractivity contribution in [3.8, 4) is 0 Å². The van der Waals surface area contributed by atoms with Gasteiger partial charge in [-0.1, -0.05) is 26.0 Å². The third-order valence-corrected chi connectivity index (χ3v) is 2.16. The Morgan fingerprint density at radius 2 is 1.69 bits per heavy atom. The maximum absolute atomic E-state index is 11.1. The minimum absolute atomic E-state index is 0.206. The predicted molar refractivity (Wildman–Crippen MR) is 57.0 cm³/mol. The number of hydrogen-bond donors (Lipinski definition) is 5. The second kappa shape index (κ2) is 5.40. The van der Waals surface area contributed by atoms with Crippen LogP contribution in [-0.2, 0) is 4.79 Å². The molecular formula is C10H19NO5. The molecule has 1 fully saturated rings. The Morgan fingerprint density at radius 3 is 2.00 bits per heavy atom. The lowest BCUT2D eigenvalue weighted by Gasteiger charge is -2.00. The molecule has 0 saturated heterocycles. The van der Waals surface area contributed by atoms with E-state index in [0.717, 1.165) is 0 Å². The summed E-state index contributed by atoms with van der Waals surface area (Å²) in [6, 6.07) is 0. The van der Waals surface area contributed by atoms with E-state index in [-0.39, 0.29) is 6.54 Å². The number of hydrogen-bond acceptors (Lipinski definition) is 5. The van der Waals surface area contributed by atoms with Gasteiger partial charge in [0.2, 0.25) is 17.5 Å². The summed E-state index contributed by atoms with van der Waals surface area (Å²) in [5, 5.41) is 38.0. The van der Waals surface area contributed by atoms with Crippen LogP contribution in [0.4, 0.5) is 0 Å². The second-order valence-electron chi connectivity index (χ2n) is 3.20. The Labute approximate surface area is 94.2 Å². The van der Waals surface area contributed by atoms with Gasteiger partial charge in [0, 0.05) is 6.54 Å². The lowest BCUT2D eigenvalue weighted by atomic mass is 10.3. The Bertz CT molecular complexity index is 258. The first-order valence-corrected chi connectivity index (χ1v) is 5.14. The quantitative estimate of drug-likeness (QED) is 0.307. The predicted octanol–water partition coefficient (Wildman–Crippen LogP) is -1.30. The Kier molecular flexibility index (Phi) is 5.08. The maximum Gasteiger partial charge on any atom is 0.237 e. The molecule has 1 aliphatic rings. The van der Waals surface area contributed by atoms with Crippen molar-refractivity contribution in [1.29, 1.82) is 0 Å². The zero-order valence-electron chi connectivity index (χ0n) is 9.64. The molecule has 0 heterocycles. The molecule has 94 valence electrons. The molecule has 1 aliphatic carbocycles. The van der Waals surface area contributed by atoms with Crippen molar-refractivity contribution in [2.24, 2.45) is 5.92 Å². The summed E-state index contributed by atoms with van der Waals surface area (Å²) >= 11 is 0. The molecule has 0 aromatic rings. The highest BCUT2D eigenvalue weighted by atomic mass is 16.6. The molecule has 0 spiro atoms. The summed E-state index contributed by atoms with van der Waals surface area (Å²) in [5.74, 6) is -7.90. The van der Waals surface area contributed by atoms with Gasteiger partial charge in [-0.25, -0.2) is 0 Å². The highest BCUT2D eigenvalue weighted by Crippen LogP contribution is 2.50. The van der Waals surface area contributed by atoms with Gasteiger partial charge in [-0.3, -0.25) is 4.79 Å². The van der Waals surface area contributed by atoms with Crippen LogP contribution in [0.5, 0.6) is 0 Å². The maximum atomic E-state index is 11.1. The molecule has 0 aliphatic heterocycles. The lowest BCUT2D eigenvalue weighted by Crippen LogP contribution is -2.29. The molecule has 0 unspecified atom stereocenters. The Balaban J connectivity index is 0.00000106. The molecule has 0 bridgehead atoms. The molecule has 1 rings (SSSR count). The Hall–Kier alpha value is -0.950. The second-order valence-corrected chi connectivity index (χ2v) is 3.20. The molecule has 6 heteroatoms. The first-order chi connectivity index (χ1) is 7.35. The average molecular weight is 233 g/mol. The first kappa shape index (κ1) is 15.0. The van der Waals surface area contributed by atoms with Gasteiger partial charge < -0.3 is 25.7 Å². The van der Waals surface area contributed by atoms with Crippen molar-refractivity contribution in [2.75, 3.05) is 6.54 Å². The van der Waals surface area contributed by atoms with Crippen LogP contribution in [0.25, 0.3) is 0 Å². The van der Waals surface area contributed by atoms with Gasteiger partial charge in [-0.2, -0.15) is 0 Å². The van der Waals surface area contributed by atoms with E-state index >= 15 is 0 Å². The largest absolute Gasteiger partial charge is 0.361 e. The van der Waals surface area contributed by atoms with Gasteiger partial charge >= 0.3 is 0 Å². The molecule has 6 nitrogen and oxygen atoms in total. The number of amides is 1. The van der Waals surface area contributed by atoms with Crippen molar-refractivity contribution in [3.05, 3.63) is 12.2 Å². The van der Waals surface area contributed by atoms with E-state index in [4.69, 9.17) is 20.4 Å². The molecule has 0 atom stereocenters. The SMILES string of the molecule is C/C=C/CNC(=O)C1C(O)(O)C1(O)O.CC. The van der Waals surface area contributed by atoms with Gasteiger partial charge in [0.1, 0.15) is 0 Å². The van der Waals surface area contributed by atoms with Crippen LogP contribution in [0.2, 0.25) is 0 Å². The monoisotopic (exact) mass is 233 g/mol. The number of carbonyl (C=O) groups is 1. The van der Waals surface area contributed by atoms with Crippen molar-refractivity contribution < 1.29 is 25.2 Å². The summed E-state index contributed by atoms with van der Waals surface area (Å²) in [5.41, 5.74) is 0. The van der Waals surface area contributed by atoms with Gasteiger partial charge in [0.15, 0.2) is 5.92 Å². The van der Waals surface area contributed by atoms with Crippen molar-refractivity contribution in [3.63, 3.8) is 0 Å². The number of carbonyl (C=O) groups excluding carboxylic acids is 1. The highest BCUT2D eigenvalue weighted by molar-refractivity contribution is 5.85. The van der Waals surface area contributed by atoms with Crippen LogP contribution in [0.1, 0.15) is 20.8 Å². The van der Waals surface area contributed by atoms with E-state index in [0.29, 0.717) is 0 Å². The molecule has 0 aromatic heterocycles. The molecule has 0 aromatic carbocycles. The minimum atomic E-state index is -2.74. The standard InChI is InChI=1S/C8H13NO5.C2H6/c1-2-3-4-9-6(10)5-7(11,12)8(5,13)14;1-2/h2-3,5,11-14H,4H2,1H3,(H,9,10);1-2H3/b3-2+;. The van der Waals surface area contributed by atoms with Gasteiger partial charge in [-0.15, -0.1) is 0 Å². The average Bonchev–Trinajstić information content (AvgIpc) is 2.61. The number of rotatable bonds is 3. The summed E-state index contributed by atoms with van der Waals surface area (Å²) in [6.45, 7) is 5.96. The van der Waals surface area contributed by atoms with E-state index in [9.17, 15) is 4.79 Å². The first-order valence-electron chi connectivity index (χ1n) is 5.14. The summed E-state index contributed by atoms with van der Waals surface area (Å²) in [6.07, 6.45) is 3.33. The Morgan fingerprint density at radius 1 is 1.25 bits per heavy atom. The van der Waals surface area contributed by atoms with Gasteiger partial charge in [0.05, 0.1) is 0 Å². The van der Waals surface area contributed by atoms with Crippen LogP contribution >= 0.6 is 0 Å². The van der Waals surface area contributed by atoms with Crippen LogP contribution in [0, 0.1) is 5.92 Å². The van der Waals surface area contributed by atoms with Gasteiger partial charge in [-0.05, 0) is 6.92 Å². The fourth-order valence-electron chi connectivity index (χ4n) is 1.16. The third kappa shape index (κ3) is 2.59. The fourth-order valence-corrected chi connectivity index (χ4v) is 1.16. The molecule has 0 radical (unpaired) electrons. The van der Waals surface area contributed by atoms with Crippen molar-refractivity contribution >= 4 is 5.91 Å². The van der Waals surface area contributed by atoms with Crippen molar-refractivity contribution in [2.45, 2.75) is 32.3 Å². The van der Waals surface area contributed by atoms with Crippen LogP contribution in [0.15, 0.2) is 12.2 Å². The number of allylic oxidation sites excluding steroid dienone is 1. The van der Waals surface area contributed by atoms with Gasteiger partial charge in [0.25, 0.3) is 0 Å². The minimum Gasteiger partial charge on any atom is -0.361 e. The third-order valence-electron chi connectivity index (χ3n) is 2.16. The smallest absolute Gasteiger partial charge is 0.237 e. The molecule has 16 heavy (non-hydrogen) atoms. The molecule has 1 amide bonds. The van der Waals surface area contributed by atoms with E-state index in [2.05, 4.69) is 5.32 Å². The van der Waals surface area contributed by atoms with Crippen LogP contribution in [0.3, 0.4) is 0 Å². The van der Waals surface area contributed by atoms with E-state index in [1.54, 1.807) is 19.1 Å². The summed E-state index contributed by atoms with van der Waals surface area (Å²) in [7, 11) is 0. The van der Waals surface area contributed by atoms with Crippen LogP contribution in [-0.4, -0.2) is 44.5 Å². The summed E-state index contributed by atoms with van der Waals surface area (Å²) < 4.78 is 0. The molecule has 1 saturated carbocycles. The zero-order chi connectivity index (χ0) is 13.0. The number of aliphatic hydroxyl groups is 4.